The van der Waals surface area contributed by atoms with E-state index in [-0.39, 0.29) is 17.1 Å². The molecule has 2 N–H and O–H groups in total. The van der Waals surface area contributed by atoms with Crippen LogP contribution in [0.25, 0.3) is 10.1 Å². The number of carbonyl (C=O) groups excluding carboxylic acids is 1. The molecule has 2 aromatic carbocycles. The first-order valence-electron chi connectivity index (χ1n) is 16.7. The summed E-state index contributed by atoms with van der Waals surface area (Å²) in [5.74, 6) is 0.146. The van der Waals surface area contributed by atoms with Gasteiger partial charge in [0.25, 0.3) is 0 Å². The zero-order valence-corrected chi connectivity index (χ0v) is 26.9. The Bertz CT molecular complexity index is 1430. The second kappa shape index (κ2) is 13.0. The van der Waals surface area contributed by atoms with Crippen LogP contribution in [-0.4, -0.2) is 52.2 Å². The first kappa shape index (κ1) is 30.7. The molecular formula is C38H49NO3S. The van der Waals surface area contributed by atoms with E-state index in [1.54, 1.807) is 11.3 Å². The molecule has 3 aromatic rings. The molecule has 0 spiro atoms. The van der Waals surface area contributed by atoms with Crippen molar-refractivity contribution >= 4 is 27.2 Å². The number of nitrogens with zero attached hydrogens (tertiary/aromatic N) is 1. The third-order valence-corrected chi connectivity index (χ3v) is 12.1. The maximum Gasteiger partial charge on any atom is 0.203 e. The van der Waals surface area contributed by atoms with Gasteiger partial charge in [0.2, 0.25) is 5.78 Å². The molecule has 5 heteroatoms. The Morgan fingerprint density at radius 3 is 2.56 bits per heavy atom. The average molecular weight is 600 g/mol. The predicted molar refractivity (Wildman–Crippen MR) is 178 cm³/mol. The van der Waals surface area contributed by atoms with Crippen molar-refractivity contribution in [2.45, 2.75) is 109 Å². The number of β-amino-alcohol motifs (C(OH)–C–C–N with tert-alkyl or cyclic N) is 1. The molecule has 4 aliphatic rings. The SMILES string of the molecule is CC1=CCCC2(C)C(CCC2(O)CN2CCCCCCC2)c2ccc(cc2C(=O)c2cc3ccccc3s2)CC(O)CC1. The summed E-state index contributed by atoms with van der Waals surface area (Å²) in [6.45, 7) is 7.33. The van der Waals surface area contributed by atoms with Gasteiger partial charge in [0.15, 0.2) is 0 Å². The van der Waals surface area contributed by atoms with Gasteiger partial charge in [0, 0.05) is 22.2 Å². The van der Waals surface area contributed by atoms with Crippen LogP contribution in [-0.2, 0) is 6.42 Å². The molecule has 4 unspecified atom stereocenters. The molecule has 1 aliphatic heterocycles. The van der Waals surface area contributed by atoms with Crippen LogP contribution in [0.5, 0.6) is 0 Å². The minimum Gasteiger partial charge on any atom is -0.393 e. The van der Waals surface area contributed by atoms with Gasteiger partial charge in [-0.15, -0.1) is 11.3 Å². The Morgan fingerprint density at radius 2 is 1.77 bits per heavy atom. The summed E-state index contributed by atoms with van der Waals surface area (Å²) >= 11 is 1.56. The van der Waals surface area contributed by atoms with Crippen molar-refractivity contribution in [3.63, 3.8) is 0 Å². The number of hydrogen-bond donors (Lipinski definition) is 2. The Labute approximate surface area is 261 Å². The van der Waals surface area contributed by atoms with Gasteiger partial charge < -0.3 is 15.1 Å². The lowest BCUT2D eigenvalue weighted by atomic mass is 9.64. The van der Waals surface area contributed by atoms with Crippen LogP contribution in [0.4, 0.5) is 0 Å². The fourth-order valence-electron chi connectivity index (χ4n) is 8.26. The van der Waals surface area contributed by atoms with E-state index >= 15 is 0 Å². The molecule has 230 valence electrons. The molecule has 2 fully saturated rings. The summed E-state index contributed by atoms with van der Waals surface area (Å²) in [4.78, 5) is 17.7. The number of ketones is 1. The number of aliphatic hydroxyl groups excluding tert-OH is 1. The fraction of sp³-hybridized carbons (Fsp3) is 0.553. The summed E-state index contributed by atoms with van der Waals surface area (Å²) in [5.41, 5.74) is 2.97. The van der Waals surface area contributed by atoms with Crippen LogP contribution in [0.15, 0.2) is 60.2 Å². The second-order valence-electron chi connectivity index (χ2n) is 14.0. The fourth-order valence-corrected chi connectivity index (χ4v) is 9.28. The minimum absolute atomic E-state index is 0.0666. The summed E-state index contributed by atoms with van der Waals surface area (Å²) < 4.78 is 1.12. The summed E-state index contributed by atoms with van der Waals surface area (Å²) in [6, 6.07) is 16.6. The van der Waals surface area contributed by atoms with Gasteiger partial charge >= 0.3 is 0 Å². The van der Waals surface area contributed by atoms with Crippen LogP contribution in [0.1, 0.15) is 117 Å². The van der Waals surface area contributed by atoms with Crippen LogP contribution >= 0.6 is 11.3 Å². The lowest BCUT2D eigenvalue weighted by Gasteiger charge is -2.46. The highest BCUT2D eigenvalue weighted by Gasteiger charge is 2.57. The Balaban J connectivity index is 1.42. The number of aliphatic hydroxyl groups is 2. The first-order chi connectivity index (χ1) is 20.8. The normalized spacial score (nSPS) is 29.4. The standard InChI is InChI=1S/C38H49NO3S/c1-27-11-10-19-37(2)33(18-20-38(37,42)26-39-21-8-4-3-5-9-22-39)31-17-15-28(23-30(40)16-14-27)24-32(31)36(41)35-25-29-12-6-7-13-34(29)43-35/h6-7,11-13,15,17,24-25,30,33,40,42H,3-5,8-10,14,16,18-23,26H2,1-2H3. The Hall–Kier alpha value is -2.31. The second-order valence-corrected chi connectivity index (χ2v) is 15.1. The molecule has 2 bridgehead atoms. The van der Waals surface area contributed by atoms with E-state index in [2.05, 4.69) is 55.2 Å². The monoisotopic (exact) mass is 599 g/mol. The van der Waals surface area contributed by atoms with Crippen LogP contribution in [0.2, 0.25) is 0 Å². The zero-order valence-electron chi connectivity index (χ0n) is 26.1. The van der Waals surface area contributed by atoms with Gasteiger partial charge in [-0.05, 0) is 118 Å². The van der Waals surface area contributed by atoms with Gasteiger partial charge in [-0.1, -0.05) is 68.2 Å². The van der Waals surface area contributed by atoms with E-state index in [9.17, 15) is 15.0 Å². The van der Waals surface area contributed by atoms with Crippen molar-refractivity contribution in [1.82, 2.24) is 4.90 Å². The molecule has 7 rings (SSSR count). The number of likely N-dealkylation sites (tertiary alicyclic amines) is 1. The lowest BCUT2D eigenvalue weighted by Crippen LogP contribution is -2.53. The van der Waals surface area contributed by atoms with E-state index in [4.69, 9.17) is 0 Å². The number of rotatable bonds is 4. The van der Waals surface area contributed by atoms with Crippen molar-refractivity contribution in [2.75, 3.05) is 19.6 Å². The molecule has 4 atom stereocenters. The van der Waals surface area contributed by atoms with E-state index < -0.39 is 11.7 Å². The molecule has 1 saturated heterocycles. The number of hydrogen-bond acceptors (Lipinski definition) is 5. The van der Waals surface area contributed by atoms with Crippen molar-refractivity contribution in [3.8, 4) is 0 Å². The van der Waals surface area contributed by atoms with Crippen molar-refractivity contribution in [3.05, 3.63) is 81.7 Å². The van der Waals surface area contributed by atoms with Gasteiger partial charge in [-0.2, -0.15) is 0 Å². The number of fused-ring (bicyclic) bond motifs is 9. The molecular weight excluding hydrogens is 550 g/mol. The molecule has 2 heterocycles. The molecule has 1 saturated carbocycles. The van der Waals surface area contributed by atoms with Gasteiger partial charge in [0.1, 0.15) is 0 Å². The van der Waals surface area contributed by atoms with Gasteiger partial charge in [0.05, 0.1) is 16.6 Å². The third kappa shape index (κ3) is 6.42. The largest absolute Gasteiger partial charge is 0.393 e. The lowest BCUT2D eigenvalue weighted by molar-refractivity contribution is -0.0843. The smallest absolute Gasteiger partial charge is 0.203 e. The number of thiophene rings is 1. The Morgan fingerprint density at radius 1 is 1.00 bits per heavy atom. The molecule has 3 aliphatic carbocycles. The topological polar surface area (TPSA) is 60.8 Å². The third-order valence-electron chi connectivity index (χ3n) is 11.0. The number of carbonyl (C=O) groups is 1. The van der Waals surface area contributed by atoms with Gasteiger partial charge in [-0.25, -0.2) is 0 Å². The summed E-state index contributed by atoms with van der Waals surface area (Å²) in [5, 5.41) is 24.7. The maximum absolute atomic E-state index is 14.4. The molecule has 4 nitrogen and oxygen atoms in total. The van der Waals surface area contributed by atoms with E-state index in [0.29, 0.717) is 19.4 Å². The Kier molecular flexibility index (Phi) is 9.26. The summed E-state index contributed by atoms with van der Waals surface area (Å²) in [6.07, 6.45) is 13.7. The molecule has 0 amide bonds. The number of allylic oxidation sites excluding steroid dienone is 2. The molecule has 43 heavy (non-hydrogen) atoms. The highest BCUT2D eigenvalue weighted by atomic mass is 32.1. The van der Waals surface area contributed by atoms with Crippen LogP contribution < -0.4 is 0 Å². The van der Waals surface area contributed by atoms with Crippen molar-refractivity contribution in [1.29, 1.82) is 0 Å². The van der Waals surface area contributed by atoms with Crippen LogP contribution in [0.3, 0.4) is 0 Å². The molecule has 0 radical (unpaired) electrons. The zero-order chi connectivity index (χ0) is 30.0. The van der Waals surface area contributed by atoms with Crippen LogP contribution in [0, 0.1) is 5.41 Å². The van der Waals surface area contributed by atoms with E-state index in [0.717, 1.165) is 76.8 Å². The molecule has 1 aromatic heterocycles. The number of benzene rings is 2. The van der Waals surface area contributed by atoms with E-state index in [1.165, 1.54) is 37.7 Å². The maximum atomic E-state index is 14.4. The first-order valence-corrected chi connectivity index (χ1v) is 17.5. The quantitative estimate of drug-likeness (QED) is 0.233. The van der Waals surface area contributed by atoms with E-state index in [1.807, 2.05) is 18.2 Å². The van der Waals surface area contributed by atoms with Crippen molar-refractivity contribution < 1.29 is 15.0 Å². The average Bonchev–Trinajstić information content (AvgIpc) is 3.52. The van der Waals surface area contributed by atoms with Gasteiger partial charge in [-0.3, -0.25) is 4.79 Å². The summed E-state index contributed by atoms with van der Waals surface area (Å²) in [7, 11) is 0. The highest BCUT2D eigenvalue weighted by molar-refractivity contribution is 7.21. The predicted octanol–water partition coefficient (Wildman–Crippen LogP) is 8.44. The van der Waals surface area contributed by atoms with Crippen molar-refractivity contribution in [2.24, 2.45) is 5.41 Å². The highest BCUT2D eigenvalue weighted by Crippen LogP contribution is 2.59. The minimum atomic E-state index is -0.817.